The summed E-state index contributed by atoms with van der Waals surface area (Å²) in [4.78, 5) is 9.79. The summed E-state index contributed by atoms with van der Waals surface area (Å²) < 4.78 is 25.9. The highest BCUT2D eigenvalue weighted by molar-refractivity contribution is 7.89. The van der Waals surface area contributed by atoms with Crippen LogP contribution in [0.3, 0.4) is 0 Å². The van der Waals surface area contributed by atoms with Crippen LogP contribution in [0.5, 0.6) is 0 Å². The van der Waals surface area contributed by atoms with Crippen molar-refractivity contribution in [1.29, 1.82) is 0 Å². The number of rotatable bonds is 7. The second kappa shape index (κ2) is 7.37. The van der Waals surface area contributed by atoms with Crippen molar-refractivity contribution in [3.05, 3.63) is 32.3 Å². The molecule has 0 aliphatic carbocycles. The molecule has 0 spiro atoms. The van der Waals surface area contributed by atoms with Crippen LogP contribution in [0.2, 0.25) is 10.0 Å². The zero-order valence-electron chi connectivity index (χ0n) is 11.5. The van der Waals surface area contributed by atoms with Crippen molar-refractivity contribution in [2.45, 2.75) is 11.3 Å². The zero-order valence-corrected chi connectivity index (χ0v) is 13.8. The number of hydrogen-bond acceptors (Lipinski definition) is 5. The molecule has 7 nitrogen and oxygen atoms in total. The standard InChI is InChI=1S/C11H15Cl2N3O4S/c1-14-6-3-7-15(2)21(19,20)9-5-4-8(12)11(10(9)13)16(17)18/h4-5,14H,3,6-7H2,1-2H3. The normalized spacial score (nSPS) is 11.9. The minimum absolute atomic E-state index is 0.207. The highest BCUT2D eigenvalue weighted by atomic mass is 35.5. The van der Waals surface area contributed by atoms with Gasteiger partial charge >= 0.3 is 5.69 Å². The van der Waals surface area contributed by atoms with Crippen molar-refractivity contribution in [2.75, 3.05) is 27.2 Å². The smallest absolute Gasteiger partial charge is 0.307 e. The molecule has 118 valence electrons. The van der Waals surface area contributed by atoms with Gasteiger partial charge in [0.1, 0.15) is 14.9 Å². The molecule has 10 heteroatoms. The number of nitrogens with one attached hydrogen (secondary N) is 1. The minimum atomic E-state index is -3.91. The first-order valence-corrected chi connectivity index (χ1v) is 8.16. The van der Waals surface area contributed by atoms with Gasteiger partial charge in [-0.3, -0.25) is 10.1 Å². The van der Waals surface area contributed by atoms with Gasteiger partial charge in [0, 0.05) is 13.6 Å². The fraction of sp³-hybridized carbons (Fsp3) is 0.455. The molecular weight excluding hydrogens is 341 g/mol. The van der Waals surface area contributed by atoms with E-state index in [0.717, 1.165) is 10.4 Å². The van der Waals surface area contributed by atoms with Gasteiger partial charge in [0.25, 0.3) is 0 Å². The maximum atomic E-state index is 12.4. The van der Waals surface area contributed by atoms with Gasteiger partial charge in [-0.05, 0) is 32.1 Å². The molecule has 1 N–H and O–H groups in total. The maximum Gasteiger partial charge on any atom is 0.307 e. The third-order valence-corrected chi connectivity index (χ3v) is 5.50. The zero-order chi connectivity index (χ0) is 16.2. The summed E-state index contributed by atoms with van der Waals surface area (Å²) in [5.74, 6) is 0. The van der Waals surface area contributed by atoms with Crippen molar-refractivity contribution in [3.8, 4) is 0 Å². The summed E-state index contributed by atoms with van der Waals surface area (Å²) in [6.07, 6.45) is 0.597. The van der Waals surface area contributed by atoms with Gasteiger partial charge in [-0.15, -0.1) is 0 Å². The number of benzene rings is 1. The van der Waals surface area contributed by atoms with Gasteiger partial charge in [-0.2, -0.15) is 0 Å². The number of sulfonamides is 1. The maximum absolute atomic E-state index is 12.4. The molecule has 0 heterocycles. The Morgan fingerprint density at radius 3 is 2.52 bits per heavy atom. The first kappa shape index (κ1) is 18.1. The molecular formula is C11H15Cl2N3O4S. The minimum Gasteiger partial charge on any atom is -0.320 e. The summed E-state index contributed by atoms with van der Waals surface area (Å²) in [5.41, 5.74) is -0.608. The Balaban J connectivity index is 3.20. The molecule has 0 saturated heterocycles. The average molecular weight is 356 g/mol. The highest BCUT2D eigenvalue weighted by Crippen LogP contribution is 2.37. The number of halogens is 2. The van der Waals surface area contributed by atoms with Crippen LogP contribution in [-0.4, -0.2) is 44.8 Å². The second-order valence-electron chi connectivity index (χ2n) is 4.25. The molecule has 0 atom stereocenters. The van der Waals surface area contributed by atoms with Crippen LogP contribution in [-0.2, 0) is 10.0 Å². The Hall–Kier alpha value is -0.930. The average Bonchev–Trinajstić information content (AvgIpc) is 2.38. The highest BCUT2D eigenvalue weighted by Gasteiger charge is 2.30. The molecule has 0 bridgehead atoms. The summed E-state index contributed by atoms with van der Waals surface area (Å²) in [6, 6.07) is 2.32. The molecule has 0 aliphatic rings. The Bertz CT molecular complexity index is 637. The van der Waals surface area contributed by atoms with E-state index in [1.807, 2.05) is 0 Å². The summed E-state index contributed by atoms with van der Waals surface area (Å²) in [7, 11) is -0.764. The van der Waals surface area contributed by atoms with Gasteiger partial charge < -0.3 is 5.32 Å². The van der Waals surface area contributed by atoms with E-state index in [-0.39, 0.29) is 16.5 Å². The number of hydrogen-bond donors (Lipinski definition) is 1. The third-order valence-electron chi connectivity index (χ3n) is 2.80. The lowest BCUT2D eigenvalue weighted by Gasteiger charge is -2.18. The summed E-state index contributed by atoms with van der Waals surface area (Å²) >= 11 is 11.5. The largest absolute Gasteiger partial charge is 0.320 e. The molecule has 1 rings (SSSR count). The van der Waals surface area contributed by atoms with Crippen LogP contribution in [0.15, 0.2) is 17.0 Å². The lowest BCUT2D eigenvalue weighted by Crippen LogP contribution is -2.29. The molecule has 1 aromatic rings. The first-order valence-electron chi connectivity index (χ1n) is 5.96. The lowest BCUT2D eigenvalue weighted by atomic mass is 10.3. The predicted molar refractivity (Wildman–Crippen MR) is 81.5 cm³/mol. The van der Waals surface area contributed by atoms with Crippen molar-refractivity contribution >= 4 is 38.9 Å². The fourth-order valence-electron chi connectivity index (χ4n) is 1.66. The number of nitro benzene ring substituents is 1. The molecule has 1 aromatic carbocycles. The van der Waals surface area contributed by atoms with Crippen molar-refractivity contribution in [2.24, 2.45) is 0 Å². The van der Waals surface area contributed by atoms with E-state index in [9.17, 15) is 18.5 Å². The topological polar surface area (TPSA) is 92.6 Å². The van der Waals surface area contributed by atoms with E-state index in [0.29, 0.717) is 13.0 Å². The molecule has 0 unspecified atom stereocenters. The predicted octanol–water partition coefficient (Wildman–Crippen LogP) is 2.13. The number of nitrogens with zero attached hydrogens (tertiary/aromatic N) is 2. The van der Waals surface area contributed by atoms with Gasteiger partial charge in [0.2, 0.25) is 10.0 Å². The second-order valence-corrected chi connectivity index (χ2v) is 7.05. The molecule has 0 amide bonds. The Labute approximate surface area is 133 Å². The molecule has 0 aliphatic heterocycles. The van der Waals surface area contributed by atoms with E-state index in [1.54, 1.807) is 7.05 Å². The Morgan fingerprint density at radius 1 is 1.38 bits per heavy atom. The van der Waals surface area contributed by atoms with E-state index >= 15 is 0 Å². The van der Waals surface area contributed by atoms with Crippen LogP contribution in [0, 0.1) is 10.1 Å². The van der Waals surface area contributed by atoms with Gasteiger partial charge in [0.15, 0.2) is 0 Å². The third kappa shape index (κ3) is 4.04. The Morgan fingerprint density at radius 2 is 2.00 bits per heavy atom. The van der Waals surface area contributed by atoms with E-state index in [4.69, 9.17) is 23.2 Å². The molecule has 0 aromatic heterocycles. The van der Waals surface area contributed by atoms with E-state index < -0.39 is 25.7 Å². The van der Waals surface area contributed by atoms with Crippen molar-refractivity contribution in [3.63, 3.8) is 0 Å². The quantitative estimate of drug-likeness (QED) is 0.459. The summed E-state index contributed by atoms with van der Waals surface area (Å²) in [6.45, 7) is 0.907. The summed E-state index contributed by atoms with van der Waals surface area (Å²) in [5, 5.41) is 13.1. The number of nitro groups is 1. The van der Waals surface area contributed by atoms with E-state index in [1.165, 1.54) is 13.1 Å². The van der Waals surface area contributed by atoms with E-state index in [2.05, 4.69) is 5.32 Å². The molecule has 21 heavy (non-hydrogen) atoms. The van der Waals surface area contributed by atoms with Crippen molar-refractivity contribution in [1.82, 2.24) is 9.62 Å². The monoisotopic (exact) mass is 355 g/mol. The van der Waals surface area contributed by atoms with Crippen LogP contribution in [0.1, 0.15) is 6.42 Å². The van der Waals surface area contributed by atoms with Crippen LogP contribution < -0.4 is 5.32 Å². The van der Waals surface area contributed by atoms with Crippen LogP contribution in [0.25, 0.3) is 0 Å². The molecule has 0 radical (unpaired) electrons. The SMILES string of the molecule is CNCCCN(C)S(=O)(=O)c1ccc(Cl)c([N+](=O)[O-])c1Cl. The van der Waals surface area contributed by atoms with Gasteiger partial charge in [-0.25, -0.2) is 12.7 Å². The Kier molecular flexibility index (Phi) is 6.36. The molecule has 0 fully saturated rings. The van der Waals surface area contributed by atoms with Gasteiger partial charge in [0.05, 0.1) is 4.92 Å². The van der Waals surface area contributed by atoms with Crippen molar-refractivity contribution < 1.29 is 13.3 Å². The fourth-order valence-corrected chi connectivity index (χ4v) is 3.73. The molecule has 0 saturated carbocycles. The first-order chi connectivity index (χ1) is 9.73. The van der Waals surface area contributed by atoms with Crippen LogP contribution >= 0.6 is 23.2 Å². The van der Waals surface area contributed by atoms with Gasteiger partial charge in [-0.1, -0.05) is 23.2 Å². The lowest BCUT2D eigenvalue weighted by molar-refractivity contribution is -0.384. The van der Waals surface area contributed by atoms with Crippen LogP contribution in [0.4, 0.5) is 5.69 Å².